The fourth-order valence-corrected chi connectivity index (χ4v) is 4.71. The number of anilines is 2. The molecule has 20 heteroatoms. The first-order chi connectivity index (χ1) is 24.6. The zero-order chi connectivity index (χ0) is 40.3. The standard InChI is InChI=1S/C29H35FN6O3.2C2HF3O2/c1-4-38-20-15-21(26(30)24(16-20)39-17(2)3)27(34-19-12-10-18(11-13-19)28(31)32)22-7-5-9-25(35-22)36-14-6-8-23(36)29(33)37;2*3-2(4,5)1(6)7/h5,7,9-13,15-17,23,27,34H,4,6,8,14H2,1-3H3,(H3,31,32)(H2,33,37);2*(H,6,7)/t23-,27?;;/m0../s1. The van der Waals surface area contributed by atoms with Crippen molar-refractivity contribution in [3.8, 4) is 11.5 Å². The van der Waals surface area contributed by atoms with Crippen LogP contribution >= 0.6 is 0 Å². The number of amides is 1. The molecule has 53 heavy (non-hydrogen) atoms. The van der Waals surface area contributed by atoms with E-state index in [0.717, 1.165) is 6.42 Å². The lowest BCUT2D eigenvalue weighted by Crippen LogP contribution is -2.40. The number of halogens is 7. The summed E-state index contributed by atoms with van der Waals surface area (Å²) in [5, 5.41) is 25.3. The fourth-order valence-electron chi connectivity index (χ4n) is 4.71. The van der Waals surface area contributed by atoms with E-state index >= 15 is 4.39 Å². The first kappa shape index (κ1) is 43.3. The second-order valence-electron chi connectivity index (χ2n) is 11.3. The Morgan fingerprint density at radius 1 is 1.00 bits per heavy atom. The minimum atomic E-state index is -5.08. The first-order valence-corrected chi connectivity index (χ1v) is 15.5. The van der Waals surface area contributed by atoms with Gasteiger partial charge in [-0.25, -0.2) is 19.0 Å². The van der Waals surface area contributed by atoms with E-state index in [0.29, 0.717) is 48.1 Å². The van der Waals surface area contributed by atoms with Crippen molar-refractivity contribution in [3.63, 3.8) is 0 Å². The number of nitrogens with one attached hydrogen (secondary N) is 2. The smallest absolute Gasteiger partial charge is 0.490 e. The first-order valence-electron chi connectivity index (χ1n) is 15.5. The Morgan fingerprint density at radius 2 is 1.57 bits per heavy atom. The highest BCUT2D eigenvalue weighted by molar-refractivity contribution is 5.95. The summed E-state index contributed by atoms with van der Waals surface area (Å²) in [5.74, 6) is -5.36. The van der Waals surface area contributed by atoms with Gasteiger partial charge in [-0.2, -0.15) is 26.3 Å². The molecule has 0 saturated carbocycles. The lowest BCUT2D eigenvalue weighted by atomic mass is 10.00. The number of primary amides is 1. The normalized spacial score (nSPS) is 14.5. The van der Waals surface area contributed by atoms with Gasteiger partial charge in [0.15, 0.2) is 11.6 Å². The molecular weight excluding hydrogens is 725 g/mol. The van der Waals surface area contributed by atoms with Crippen molar-refractivity contribution < 1.29 is 64.8 Å². The van der Waals surface area contributed by atoms with E-state index in [1.165, 1.54) is 0 Å². The number of carboxylic acids is 2. The molecule has 1 aliphatic heterocycles. The van der Waals surface area contributed by atoms with E-state index in [1.54, 1.807) is 42.5 Å². The van der Waals surface area contributed by atoms with Crippen molar-refractivity contribution in [2.75, 3.05) is 23.4 Å². The number of hydrogen-bond donors (Lipinski definition) is 6. The van der Waals surface area contributed by atoms with Crippen molar-refractivity contribution in [1.29, 1.82) is 5.41 Å². The van der Waals surface area contributed by atoms with Gasteiger partial charge in [0.2, 0.25) is 5.91 Å². The van der Waals surface area contributed by atoms with Crippen LogP contribution in [0.2, 0.25) is 0 Å². The molecule has 1 aromatic heterocycles. The van der Waals surface area contributed by atoms with Gasteiger partial charge in [0.25, 0.3) is 0 Å². The summed E-state index contributed by atoms with van der Waals surface area (Å²) in [5.41, 5.74) is 13.3. The molecule has 8 N–H and O–H groups in total. The van der Waals surface area contributed by atoms with Crippen molar-refractivity contribution in [3.05, 3.63) is 77.2 Å². The summed E-state index contributed by atoms with van der Waals surface area (Å²) in [6.45, 7) is 6.56. The summed E-state index contributed by atoms with van der Waals surface area (Å²) in [7, 11) is 0. The minimum absolute atomic E-state index is 0.0481. The number of amidine groups is 1. The molecule has 1 aliphatic rings. The van der Waals surface area contributed by atoms with E-state index in [4.69, 9.17) is 51.1 Å². The Balaban J connectivity index is 0.000000587. The molecule has 0 bridgehead atoms. The quantitative estimate of drug-likeness (QED) is 0.0802. The third-order valence-corrected chi connectivity index (χ3v) is 6.94. The monoisotopic (exact) mass is 762 g/mol. The Kier molecular flexibility index (Phi) is 15.2. The number of nitrogen functional groups attached to an aromatic ring is 1. The number of rotatable bonds is 11. The molecular formula is C33H37F7N6O7. The van der Waals surface area contributed by atoms with E-state index in [2.05, 4.69) is 5.32 Å². The van der Waals surface area contributed by atoms with Crippen molar-refractivity contribution in [2.24, 2.45) is 11.5 Å². The molecule has 290 valence electrons. The number of alkyl halides is 6. The number of carbonyl (C=O) groups excluding carboxylic acids is 1. The van der Waals surface area contributed by atoms with Crippen LogP contribution in [0, 0.1) is 11.2 Å². The molecule has 13 nitrogen and oxygen atoms in total. The second-order valence-corrected chi connectivity index (χ2v) is 11.3. The Hall–Kier alpha value is -5.82. The number of benzene rings is 2. The predicted molar refractivity (Wildman–Crippen MR) is 177 cm³/mol. The number of ether oxygens (including phenoxy) is 2. The minimum Gasteiger partial charge on any atom is -0.494 e. The molecule has 0 radical (unpaired) electrons. The average molecular weight is 763 g/mol. The largest absolute Gasteiger partial charge is 0.494 e. The molecule has 4 rings (SSSR count). The fraction of sp³-hybridized carbons (Fsp3) is 0.364. The van der Waals surface area contributed by atoms with Crippen LogP contribution in [-0.4, -0.2) is 76.5 Å². The zero-order valence-electron chi connectivity index (χ0n) is 28.4. The van der Waals surface area contributed by atoms with Gasteiger partial charge in [-0.3, -0.25) is 10.2 Å². The van der Waals surface area contributed by atoms with Gasteiger partial charge in [0, 0.05) is 29.4 Å². The van der Waals surface area contributed by atoms with Gasteiger partial charge < -0.3 is 41.4 Å². The Morgan fingerprint density at radius 3 is 2.04 bits per heavy atom. The molecule has 3 aromatic rings. The van der Waals surface area contributed by atoms with Crippen LogP contribution in [0.15, 0.2) is 54.6 Å². The van der Waals surface area contributed by atoms with Crippen LogP contribution in [0.1, 0.15) is 56.5 Å². The summed E-state index contributed by atoms with van der Waals surface area (Å²) >= 11 is 0. The van der Waals surface area contributed by atoms with E-state index in [-0.39, 0.29) is 23.3 Å². The van der Waals surface area contributed by atoms with Crippen LogP contribution in [0.3, 0.4) is 0 Å². The summed E-state index contributed by atoms with van der Waals surface area (Å²) < 4.78 is 91.1. The van der Waals surface area contributed by atoms with E-state index in [1.807, 2.05) is 37.8 Å². The van der Waals surface area contributed by atoms with Crippen molar-refractivity contribution in [1.82, 2.24) is 4.98 Å². The maximum Gasteiger partial charge on any atom is 0.490 e. The van der Waals surface area contributed by atoms with Gasteiger partial charge in [-0.1, -0.05) is 6.07 Å². The second kappa shape index (κ2) is 18.6. The number of aliphatic carboxylic acids is 2. The third-order valence-electron chi connectivity index (χ3n) is 6.94. The summed E-state index contributed by atoms with van der Waals surface area (Å²) in [6, 6.07) is 14.4. The Labute approximate surface area is 298 Å². The molecule has 1 saturated heterocycles. The van der Waals surface area contributed by atoms with Gasteiger partial charge in [0.05, 0.1) is 24.4 Å². The van der Waals surface area contributed by atoms with E-state index in [9.17, 15) is 31.1 Å². The molecule has 2 aromatic carbocycles. The topological polar surface area (TPSA) is 214 Å². The van der Waals surface area contributed by atoms with Crippen molar-refractivity contribution >= 4 is 35.2 Å². The number of pyridine rings is 1. The van der Waals surface area contributed by atoms with Crippen LogP contribution in [0.5, 0.6) is 11.5 Å². The maximum absolute atomic E-state index is 16.1. The summed E-state index contributed by atoms with van der Waals surface area (Å²) in [4.78, 5) is 36.6. The molecule has 1 unspecified atom stereocenters. The van der Waals surface area contributed by atoms with Gasteiger partial charge in [-0.05, 0) is 76.1 Å². The molecule has 0 aliphatic carbocycles. The molecule has 1 amide bonds. The highest BCUT2D eigenvalue weighted by Crippen LogP contribution is 2.37. The Bertz CT molecular complexity index is 1710. The van der Waals surface area contributed by atoms with Crippen LogP contribution in [-0.2, 0) is 14.4 Å². The molecule has 2 heterocycles. The number of carboxylic acid groups (broad SMARTS) is 2. The number of nitrogens with two attached hydrogens (primary N) is 2. The average Bonchev–Trinajstić information content (AvgIpc) is 3.56. The van der Waals surface area contributed by atoms with E-state index < -0.39 is 48.1 Å². The molecule has 1 fully saturated rings. The number of aromatic nitrogens is 1. The van der Waals surface area contributed by atoms with Crippen LogP contribution in [0.25, 0.3) is 0 Å². The lowest BCUT2D eigenvalue weighted by Gasteiger charge is -2.26. The van der Waals surface area contributed by atoms with Gasteiger partial charge >= 0.3 is 24.3 Å². The number of carbonyl (C=O) groups is 3. The van der Waals surface area contributed by atoms with Crippen molar-refractivity contribution in [2.45, 2.75) is 64.2 Å². The highest BCUT2D eigenvalue weighted by atomic mass is 19.4. The number of nitrogens with zero attached hydrogens (tertiary/aromatic N) is 2. The summed E-state index contributed by atoms with van der Waals surface area (Å²) in [6.07, 6.45) is -8.94. The zero-order valence-corrected chi connectivity index (χ0v) is 28.4. The predicted octanol–water partition coefficient (Wildman–Crippen LogP) is 5.61. The van der Waals surface area contributed by atoms with Gasteiger partial charge in [0.1, 0.15) is 23.4 Å². The molecule has 0 spiro atoms. The molecule has 2 atom stereocenters. The SMILES string of the molecule is CCOc1cc(OC(C)C)c(F)c(C(Nc2ccc(C(=N)N)cc2)c2cccc(N3CCC[C@H]3C(N)=O)n2)c1.O=C(O)C(F)(F)F.O=C(O)C(F)(F)F. The lowest BCUT2D eigenvalue weighted by molar-refractivity contribution is -0.193. The maximum atomic E-state index is 16.1. The van der Waals surface area contributed by atoms with Crippen LogP contribution in [0.4, 0.5) is 42.2 Å². The van der Waals surface area contributed by atoms with Crippen LogP contribution < -0.4 is 31.2 Å². The highest BCUT2D eigenvalue weighted by Gasteiger charge is 2.39. The van der Waals surface area contributed by atoms with Gasteiger partial charge in [-0.15, -0.1) is 0 Å². The number of hydrogen-bond acceptors (Lipinski definition) is 9. The third kappa shape index (κ3) is 13.0.